The molecule has 2 aromatic rings. The first-order valence-corrected chi connectivity index (χ1v) is 7.13. The summed E-state index contributed by atoms with van der Waals surface area (Å²) in [6, 6.07) is 7.06. The van der Waals surface area contributed by atoms with Gasteiger partial charge in [0.1, 0.15) is 0 Å². The van der Waals surface area contributed by atoms with Gasteiger partial charge in [0.15, 0.2) is 5.13 Å². The molecule has 20 heavy (non-hydrogen) atoms. The highest BCUT2D eigenvalue weighted by molar-refractivity contribution is 7.14. The second-order valence-electron chi connectivity index (χ2n) is 5.43. The fraction of sp³-hybridized carbons (Fsp3) is 0.286. The van der Waals surface area contributed by atoms with Crippen LogP contribution in [0.25, 0.3) is 0 Å². The molecule has 1 aromatic heterocycles. The third kappa shape index (κ3) is 3.15. The van der Waals surface area contributed by atoms with Crippen LogP contribution in [0.3, 0.4) is 0 Å². The Morgan fingerprint density at radius 2 is 2.00 bits per heavy atom. The standard InChI is InChI=1S/C14H18N4OS/c1-14(2,3)11-8-20-13(16-11)17-12(19)9-6-4-5-7-10(9)18-15/h4-8,18H,15H2,1-3H3,(H,16,17,19). The highest BCUT2D eigenvalue weighted by Crippen LogP contribution is 2.27. The zero-order chi connectivity index (χ0) is 14.8. The minimum absolute atomic E-state index is 0.0315. The lowest BCUT2D eigenvalue weighted by atomic mass is 9.93. The molecule has 0 aliphatic heterocycles. The van der Waals surface area contributed by atoms with Gasteiger partial charge in [0.05, 0.1) is 16.9 Å². The van der Waals surface area contributed by atoms with Crippen LogP contribution in [0.1, 0.15) is 36.8 Å². The van der Waals surface area contributed by atoms with Crippen molar-refractivity contribution in [2.45, 2.75) is 26.2 Å². The molecule has 4 N–H and O–H groups in total. The van der Waals surface area contributed by atoms with Crippen LogP contribution in [0, 0.1) is 0 Å². The number of hydrogen-bond donors (Lipinski definition) is 3. The number of anilines is 2. The first kappa shape index (κ1) is 14.5. The Morgan fingerprint density at radius 3 is 2.60 bits per heavy atom. The van der Waals surface area contributed by atoms with Crippen molar-refractivity contribution in [3.8, 4) is 0 Å². The van der Waals surface area contributed by atoms with Crippen LogP contribution in [0.4, 0.5) is 10.8 Å². The number of nitrogens with two attached hydrogens (primary N) is 1. The number of para-hydroxylation sites is 1. The summed E-state index contributed by atoms with van der Waals surface area (Å²) >= 11 is 1.42. The SMILES string of the molecule is CC(C)(C)c1csc(NC(=O)c2ccccc2NN)n1. The van der Waals surface area contributed by atoms with E-state index in [9.17, 15) is 4.79 Å². The molecule has 0 unspecified atom stereocenters. The van der Waals surface area contributed by atoms with Gasteiger partial charge < -0.3 is 5.43 Å². The Kier molecular flexibility index (Phi) is 4.06. The van der Waals surface area contributed by atoms with Crippen molar-refractivity contribution < 1.29 is 4.79 Å². The second-order valence-corrected chi connectivity index (χ2v) is 6.29. The van der Waals surface area contributed by atoms with Crippen LogP contribution in [0.5, 0.6) is 0 Å². The maximum absolute atomic E-state index is 12.2. The number of nitrogen functional groups attached to an aromatic ring is 1. The molecule has 106 valence electrons. The molecule has 0 fully saturated rings. The molecule has 0 radical (unpaired) electrons. The topological polar surface area (TPSA) is 80.0 Å². The Hall–Kier alpha value is -1.92. The van der Waals surface area contributed by atoms with Crippen LogP contribution in [-0.4, -0.2) is 10.9 Å². The smallest absolute Gasteiger partial charge is 0.259 e. The van der Waals surface area contributed by atoms with Gasteiger partial charge in [-0.15, -0.1) is 11.3 Å². The van der Waals surface area contributed by atoms with Crippen molar-refractivity contribution in [3.05, 3.63) is 40.9 Å². The Bertz CT molecular complexity index is 616. The van der Waals surface area contributed by atoms with E-state index in [0.29, 0.717) is 16.4 Å². The molecule has 2 rings (SSSR count). The molecule has 1 heterocycles. The predicted octanol–water partition coefficient (Wildman–Crippen LogP) is 2.98. The maximum atomic E-state index is 12.2. The van der Waals surface area contributed by atoms with Gasteiger partial charge in [-0.3, -0.25) is 16.0 Å². The summed E-state index contributed by atoms with van der Waals surface area (Å²) in [5.41, 5.74) is 4.51. The number of nitrogens with one attached hydrogen (secondary N) is 2. The molecule has 0 atom stereocenters. The van der Waals surface area contributed by atoms with Crippen molar-refractivity contribution >= 4 is 28.1 Å². The number of rotatable bonds is 3. The van der Waals surface area contributed by atoms with Crippen molar-refractivity contribution in [3.63, 3.8) is 0 Å². The van der Waals surface area contributed by atoms with Crippen molar-refractivity contribution in [1.29, 1.82) is 0 Å². The van der Waals surface area contributed by atoms with Crippen molar-refractivity contribution in [2.24, 2.45) is 5.84 Å². The van der Waals surface area contributed by atoms with Crippen LogP contribution in [0.2, 0.25) is 0 Å². The van der Waals surface area contributed by atoms with E-state index >= 15 is 0 Å². The average Bonchev–Trinajstić information content (AvgIpc) is 2.87. The highest BCUT2D eigenvalue weighted by atomic mass is 32.1. The number of hydrazine groups is 1. The molecule has 0 spiro atoms. The monoisotopic (exact) mass is 290 g/mol. The number of carbonyl (C=O) groups excluding carboxylic acids is 1. The summed E-state index contributed by atoms with van der Waals surface area (Å²) in [7, 11) is 0. The summed E-state index contributed by atoms with van der Waals surface area (Å²) in [5.74, 6) is 5.17. The number of aromatic nitrogens is 1. The van der Waals surface area contributed by atoms with E-state index in [2.05, 4.69) is 36.5 Å². The molecule has 0 bridgehead atoms. The molecule has 6 heteroatoms. The van der Waals surface area contributed by atoms with E-state index in [4.69, 9.17) is 5.84 Å². The normalized spacial score (nSPS) is 11.2. The van der Waals surface area contributed by atoms with Gasteiger partial charge in [0.25, 0.3) is 5.91 Å². The maximum Gasteiger partial charge on any atom is 0.259 e. The zero-order valence-corrected chi connectivity index (χ0v) is 12.5. The van der Waals surface area contributed by atoms with E-state index in [1.54, 1.807) is 18.2 Å². The molecule has 0 aliphatic rings. The Morgan fingerprint density at radius 1 is 1.30 bits per heavy atom. The number of benzene rings is 1. The van der Waals surface area contributed by atoms with Gasteiger partial charge in [0.2, 0.25) is 0 Å². The fourth-order valence-electron chi connectivity index (χ4n) is 1.65. The van der Waals surface area contributed by atoms with Crippen LogP contribution < -0.4 is 16.6 Å². The largest absolute Gasteiger partial charge is 0.323 e. The third-order valence-electron chi connectivity index (χ3n) is 2.82. The van der Waals surface area contributed by atoms with E-state index < -0.39 is 0 Å². The van der Waals surface area contributed by atoms with Crippen LogP contribution >= 0.6 is 11.3 Å². The Balaban J connectivity index is 2.18. The average molecular weight is 290 g/mol. The summed E-state index contributed by atoms with van der Waals surface area (Å²) in [4.78, 5) is 16.7. The minimum Gasteiger partial charge on any atom is -0.323 e. The van der Waals surface area contributed by atoms with Gasteiger partial charge in [-0.25, -0.2) is 4.98 Å². The fourth-order valence-corrected chi connectivity index (χ4v) is 2.58. The lowest BCUT2D eigenvalue weighted by Gasteiger charge is -2.14. The lowest BCUT2D eigenvalue weighted by Crippen LogP contribution is -2.17. The highest BCUT2D eigenvalue weighted by Gasteiger charge is 2.19. The van der Waals surface area contributed by atoms with E-state index in [-0.39, 0.29) is 11.3 Å². The molecule has 0 aliphatic carbocycles. The number of hydrogen-bond acceptors (Lipinski definition) is 5. The van der Waals surface area contributed by atoms with Gasteiger partial charge in [-0.1, -0.05) is 32.9 Å². The van der Waals surface area contributed by atoms with Gasteiger partial charge in [-0.05, 0) is 12.1 Å². The first-order valence-electron chi connectivity index (χ1n) is 6.25. The molecule has 1 aromatic carbocycles. The van der Waals surface area contributed by atoms with E-state index in [0.717, 1.165) is 5.69 Å². The van der Waals surface area contributed by atoms with E-state index in [1.807, 2.05) is 11.4 Å². The number of thiazole rings is 1. The number of amides is 1. The van der Waals surface area contributed by atoms with Gasteiger partial charge in [-0.2, -0.15) is 0 Å². The van der Waals surface area contributed by atoms with Gasteiger partial charge >= 0.3 is 0 Å². The summed E-state index contributed by atoms with van der Waals surface area (Å²) in [5, 5.41) is 5.35. The molecule has 0 saturated heterocycles. The number of carbonyl (C=O) groups is 1. The molecule has 0 saturated carbocycles. The second kappa shape index (κ2) is 5.60. The van der Waals surface area contributed by atoms with Crippen molar-refractivity contribution in [2.75, 3.05) is 10.7 Å². The number of nitrogens with zero attached hydrogens (tertiary/aromatic N) is 1. The molecule has 1 amide bonds. The minimum atomic E-state index is -0.228. The predicted molar refractivity (Wildman–Crippen MR) is 83.0 cm³/mol. The molecule has 5 nitrogen and oxygen atoms in total. The first-order chi connectivity index (χ1) is 9.41. The Labute approximate surface area is 122 Å². The molecular weight excluding hydrogens is 272 g/mol. The third-order valence-corrected chi connectivity index (χ3v) is 3.58. The summed E-state index contributed by atoms with van der Waals surface area (Å²) in [6.07, 6.45) is 0. The van der Waals surface area contributed by atoms with E-state index in [1.165, 1.54) is 11.3 Å². The zero-order valence-electron chi connectivity index (χ0n) is 11.7. The lowest BCUT2D eigenvalue weighted by molar-refractivity contribution is 0.102. The quantitative estimate of drug-likeness (QED) is 0.599. The van der Waals surface area contributed by atoms with Crippen LogP contribution in [-0.2, 0) is 5.41 Å². The summed E-state index contributed by atoms with van der Waals surface area (Å²) < 4.78 is 0. The molecular formula is C14H18N4OS. The summed E-state index contributed by atoms with van der Waals surface area (Å²) in [6.45, 7) is 6.25. The van der Waals surface area contributed by atoms with Crippen molar-refractivity contribution in [1.82, 2.24) is 4.98 Å². The van der Waals surface area contributed by atoms with Gasteiger partial charge in [0, 0.05) is 10.8 Å². The van der Waals surface area contributed by atoms with Crippen LogP contribution in [0.15, 0.2) is 29.6 Å².